The van der Waals surface area contributed by atoms with Crippen molar-refractivity contribution < 1.29 is 36.3 Å². The molecule has 1 aliphatic rings. The van der Waals surface area contributed by atoms with E-state index in [9.17, 15) is 36.3 Å². The van der Waals surface area contributed by atoms with E-state index in [1.54, 1.807) is 4.90 Å². The summed E-state index contributed by atoms with van der Waals surface area (Å²) in [5.41, 5.74) is 0.297. The van der Waals surface area contributed by atoms with E-state index >= 15 is 0 Å². The van der Waals surface area contributed by atoms with Gasteiger partial charge < -0.3 is 25.4 Å². The number of aromatic nitrogens is 1. The van der Waals surface area contributed by atoms with Crippen molar-refractivity contribution in [1.29, 1.82) is 0 Å². The highest BCUT2D eigenvalue weighted by atomic mass is 32.2. The highest BCUT2D eigenvalue weighted by molar-refractivity contribution is 7.88. The van der Waals surface area contributed by atoms with Crippen molar-refractivity contribution in [2.24, 2.45) is 0 Å². The lowest BCUT2D eigenvalue weighted by atomic mass is 10.2. The van der Waals surface area contributed by atoms with Crippen molar-refractivity contribution in [2.45, 2.75) is 32.1 Å². The fraction of sp³-hybridized carbons (Fsp3) is 0.350. The summed E-state index contributed by atoms with van der Waals surface area (Å²) in [6.07, 6.45) is -4.86. The Morgan fingerprint density at radius 3 is 2.29 bits per heavy atom. The van der Waals surface area contributed by atoms with Gasteiger partial charge in [0.15, 0.2) is 0 Å². The average molecular weight is 515 g/mol. The molecule has 1 fully saturated rings. The maximum Gasteiger partial charge on any atom is 0.433 e. The van der Waals surface area contributed by atoms with E-state index in [4.69, 9.17) is 0 Å². The van der Waals surface area contributed by atoms with E-state index in [1.165, 1.54) is 35.1 Å². The Morgan fingerprint density at radius 2 is 1.69 bits per heavy atom. The molecule has 0 saturated carbocycles. The molecule has 2 heterocycles. The second kappa shape index (κ2) is 10.8. The number of amides is 3. The van der Waals surface area contributed by atoms with Crippen LogP contribution < -0.4 is 30.1 Å². The summed E-state index contributed by atoms with van der Waals surface area (Å²) in [4.78, 5) is 28.2. The first-order valence-corrected chi connectivity index (χ1v) is 11.9. The first kappa shape index (κ1) is 26.0. The lowest BCUT2D eigenvalue weighted by Crippen LogP contribution is -2.46. The van der Waals surface area contributed by atoms with Crippen LogP contribution in [0.4, 0.5) is 34.3 Å². The van der Waals surface area contributed by atoms with Crippen LogP contribution in [0.2, 0.25) is 0 Å². The third-order valence-electron chi connectivity index (χ3n) is 4.99. The predicted molar refractivity (Wildman–Crippen MR) is 117 cm³/mol. The van der Waals surface area contributed by atoms with Gasteiger partial charge in [-0.1, -0.05) is 18.2 Å². The van der Waals surface area contributed by atoms with Gasteiger partial charge >= 0.3 is 12.2 Å². The van der Waals surface area contributed by atoms with Gasteiger partial charge in [0.25, 0.3) is 10.2 Å². The number of benzene rings is 1. The van der Waals surface area contributed by atoms with Gasteiger partial charge in [-0.15, -0.1) is 0 Å². The number of nitrogens with zero attached hydrogens (tertiary/aromatic N) is 2. The van der Waals surface area contributed by atoms with Crippen LogP contribution in [0.1, 0.15) is 29.7 Å². The SMILES string of the molecule is O=C([O-])NS(=O)(=O)NCc1ccc(NC(=O)NCc2ccc(C(F)(F)F)nc2N2CCCC2)cc1. The summed E-state index contributed by atoms with van der Waals surface area (Å²) in [7, 11) is -4.28. The maximum atomic E-state index is 13.1. The van der Waals surface area contributed by atoms with Crippen molar-refractivity contribution in [1.82, 2.24) is 19.7 Å². The summed E-state index contributed by atoms with van der Waals surface area (Å²) < 4.78 is 65.4. The minimum absolute atomic E-state index is 0.0475. The van der Waals surface area contributed by atoms with Crippen LogP contribution in [-0.2, 0) is 29.5 Å². The Balaban J connectivity index is 1.58. The fourth-order valence-electron chi connectivity index (χ4n) is 3.36. The minimum Gasteiger partial charge on any atom is -0.529 e. The second-order valence-electron chi connectivity index (χ2n) is 7.59. The molecule has 0 spiro atoms. The zero-order valence-electron chi connectivity index (χ0n) is 18.2. The van der Waals surface area contributed by atoms with Crippen LogP contribution in [0, 0.1) is 0 Å². The van der Waals surface area contributed by atoms with Gasteiger partial charge in [0.1, 0.15) is 17.6 Å². The molecule has 0 unspecified atom stereocenters. The number of halogens is 3. The number of carbonyl (C=O) groups excluding carboxylic acids is 2. The van der Waals surface area contributed by atoms with Crippen LogP contribution in [0.15, 0.2) is 36.4 Å². The molecule has 11 nitrogen and oxygen atoms in total. The van der Waals surface area contributed by atoms with E-state index < -0.39 is 34.2 Å². The Labute approximate surface area is 198 Å². The Hall–Kier alpha value is -3.59. The van der Waals surface area contributed by atoms with E-state index in [1.807, 2.05) is 4.72 Å². The number of carboxylic acid groups (broad SMARTS) is 1. The number of nitrogens with one attached hydrogen (secondary N) is 4. The third kappa shape index (κ3) is 7.71. The smallest absolute Gasteiger partial charge is 0.433 e. The number of rotatable bonds is 8. The van der Waals surface area contributed by atoms with Crippen LogP contribution in [0.25, 0.3) is 0 Å². The molecule has 1 saturated heterocycles. The van der Waals surface area contributed by atoms with Crippen molar-refractivity contribution in [3.8, 4) is 0 Å². The van der Waals surface area contributed by atoms with E-state index in [2.05, 4.69) is 15.6 Å². The zero-order valence-corrected chi connectivity index (χ0v) is 19.0. The number of hydrogen-bond donors (Lipinski definition) is 4. The molecular formula is C20H22F3N6O5S-. The van der Waals surface area contributed by atoms with Crippen LogP contribution in [0.5, 0.6) is 0 Å². The topological polar surface area (TPSA) is 156 Å². The average Bonchev–Trinajstić information content (AvgIpc) is 3.30. The Bertz CT molecular complexity index is 1170. The van der Waals surface area contributed by atoms with Crippen molar-refractivity contribution in [2.75, 3.05) is 23.3 Å². The van der Waals surface area contributed by atoms with Gasteiger partial charge in [-0.2, -0.15) is 26.3 Å². The summed E-state index contributed by atoms with van der Waals surface area (Å²) >= 11 is 0. The van der Waals surface area contributed by atoms with E-state index in [0.717, 1.165) is 18.9 Å². The molecule has 0 bridgehead atoms. The number of anilines is 2. The first-order valence-electron chi connectivity index (χ1n) is 10.4. The van der Waals surface area contributed by atoms with E-state index in [-0.39, 0.29) is 18.9 Å². The molecule has 1 aromatic carbocycles. The number of hydrogen-bond acceptors (Lipinski definition) is 7. The van der Waals surface area contributed by atoms with Gasteiger partial charge in [-0.3, -0.25) is 4.72 Å². The fourth-order valence-corrected chi connectivity index (χ4v) is 4.00. The van der Waals surface area contributed by atoms with Crippen molar-refractivity contribution in [3.63, 3.8) is 0 Å². The molecule has 4 N–H and O–H groups in total. The monoisotopic (exact) mass is 515 g/mol. The largest absolute Gasteiger partial charge is 0.529 e. The van der Waals surface area contributed by atoms with Crippen LogP contribution in [-0.4, -0.2) is 38.6 Å². The van der Waals surface area contributed by atoms with Crippen molar-refractivity contribution in [3.05, 3.63) is 53.2 Å². The Kier molecular flexibility index (Phi) is 8.01. The quantitative estimate of drug-likeness (QED) is 0.413. The highest BCUT2D eigenvalue weighted by Gasteiger charge is 2.34. The molecule has 0 aliphatic carbocycles. The van der Waals surface area contributed by atoms with Crippen LogP contribution >= 0.6 is 0 Å². The number of pyridine rings is 1. The molecule has 0 atom stereocenters. The summed E-state index contributed by atoms with van der Waals surface area (Å²) in [5.74, 6) is 0.192. The van der Waals surface area contributed by atoms with E-state index in [0.29, 0.717) is 29.9 Å². The molecule has 3 amide bonds. The standard InChI is InChI=1S/C20H23F3N6O5S/c21-20(22,23)16-8-5-14(17(27-16)29-9-1-2-10-29)12-24-18(30)26-15-6-3-13(4-7-15)11-25-35(33,34)28-19(31)32/h3-8,25,28H,1-2,9-12H2,(H,31,32)(H2,24,26,30)/p-1. The molecule has 2 aromatic rings. The maximum absolute atomic E-state index is 13.1. The molecule has 15 heteroatoms. The molecular weight excluding hydrogens is 493 g/mol. The molecule has 0 radical (unpaired) electrons. The van der Waals surface area contributed by atoms with Crippen LogP contribution in [0.3, 0.4) is 0 Å². The summed E-state index contributed by atoms with van der Waals surface area (Å²) in [6, 6.07) is 7.56. The lowest BCUT2D eigenvalue weighted by Gasteiger charge is -2.21. The van der Waals surface area contributed by atoms with Gasteiger partial charge in [0.2, 0.25) is 0 Å². The van der Waals surface area contributed by atoms with Crippen molar-refractivity contribution >= 4 is 33.8 Å². The van der Waals surface area contributed by atoms with Gasteiger partial charge in [-0.25, -0.2) is 9.78 Å². The predicted octanol–water partition coefficient (Wildman–Crippen LogP) is 1.29. The second-order valence-corrected chi connectivity index (χ2v) is 9.09. The van der Waals surface area contributed by atoms with Gasteiger partial charge in [0.05, 0.1) is 0 Å². The lowest BCUT2D eigenvalue weighted by molar-refractivity contribution is -0.248. The molecule has 1 aliphatic heterocycles. The highest BCUT2D eigenvalue weighted by Crippen LogP contribution is 2.31. The number of alkyl halides is 3. The first-order chi connectivity index (χ1) is 16.4. The summed E-state index contributed by atoms with van der Waals surface area (Å²) in [5, 5.41) is 15.5. The molecule has 190 valence electrons. The molecule has 35 heavy (non-hydrogen) atoms. The third-order valence-corrected chi connectivity index (χ3v) is 5.95. The molecule has 1 aromatic heterocycles. The number of carbonyl (C=O) groups is 2. The van der Waals surface area contributed by atoms with Gasteiger partial charge in [-0.05, 0) is 36.6 Å². The minimum atomic E-state index is -4.58. The zero-order chi connectivity index (χ0) is 25.6. The Morgan fingerprint density at radius 1 is 1.03 bits per heavy atom. The number of urea groups is 1. The van der Waals surface area contributed by atoms with Gasteiger partial charge in [0, 0.05) is 37.4 Å². The summed E-state index contributed by atoms with van der Waals surface area (Å²) in [6.45, 7) is 0.905. The molecule has 3 rings (SSSR count). The normalized spacial score (nSPS) is 14.0.